The van der Waals surface area contributed by atoms with Gasteiger partial charge in [-0.1, -0.05) is 106 Å². The van der Waals surface area contributed by atoms with Crippen LogP contribution >= 0.6 is 0 Å². The van der Waals surface area contributed by atoms with Crippen LogP contribution in [-0.2, 0) is 0 Å². The van der Waals surface area contributed by atoms with E-state index < -0.39 is 8.80 Å². The number of benzene rings is 3. The van der Waals surface area contributed by atoms with E-state index in [0.29, 0.717) is 0 Å². The van der Waals surface area contributed by atoms with Crippen molar-refractivity contribution in [2.45, 2.75) is 6.92 Å². The van der Waals surface area contributed by atoms with Crippen LogP contribution in [0, 0.1) is 6.92 Å². The molecule has 0 aromatic heterocycles. The van der Waals surface area contributed by atoms with Gasteiger partial charge in [0.2, 0.25) is 0 Å². The zero-order chi connectivity index (χ0) is 13.8. The van der Waals surface area contributed by atoms with Crippen molar-refractivity contribution in [2.75, 3.05) is 0 Å². The topological polar surface area (TPSA) is 0 Å². The van der Waals surface area contributed by atoms with Gasteiger partial charge in [-0.3, -0.25) is 0 Å². The number of aryl methyl sites for hydroxylation is 1. The molecule has 0 nitrogen and oxygen atoms in total. The SMILES string of the molecule is Cc1ccc([SiH](c2ccccc2)c2ccccc2)cc1. The van der Waals surface area contributed by atoms with Crippen molar-refractivity contribution < 1.29 is 0 Å². The van der Waals surface area contributed by atoms with Gasteiger partial charge in [0.1, 0.15) is 8.80 Å². The Morgan fingerprint density at radius 3 is 1.35 bits per heavy atom. The highest BCUT2D eigenvalue weighted by Crippen LogP contribution is 1.98. The van der Waals surface area contributed by atoms with Gasteiger partial charge in [0, 0.05) is 0 Å². The van der Waals surface area contributed by atoms with Crippen molar-refractivity contribution >= 4 is 24.4 Å². The van der Waals surface area contributed by atoms with Crippen LogP contribution in [0.25, 0.3) is 0 Å². The fourth-order valence-electron chi connectivity index (χ4n) is 2.63. The van der Waals surface area contributed by atoms with Crippen molar-refractivity contribution in [3.8, 4) is 0 Å². The van der Waals surface area contributed by atoms with E-state index in [9.17, 15) is 0 Å². The zero-order valence-electron chi connectivity index (χ0n) is 11.7. The lowest BCUT2D eigenvalue weighted by atomic mass is 10.2. The summed E-state index contributed by atoms with van der Waals surface area (Å²) in [5, 5.41) is 4.43. The van der Waals surface area contributed by atoms with Crippen LogP contribution in [0.5, 0.6) is 0 Å². The van der Waals surface area contributed by atoms with Crippen molar-refractivity contribution in [1.82, 2.24) is 0 Å². The van der Waals surface area contributed by atoms with Gasteiger partial charge in [-0.25, -0.2) is 0 Å². The van der Waals surface area contributed by atoms with E-state index in [4.69, 9.17) is 0 Å². The van der Waals surface area contributed by atoms with Gasteiger partial charge in [0.15, 0.2) is 0 Å². The van der Waals surface area contributed by atoms with Gasteiger partial charge >= 0.3 is 0 Å². The van der Waals surface area contributed by atoms with Gasteiger partial charge in [-0.15, -0.1) is 0 Å². The van der Waals surface area contributed by atoms with E-state index in [1.807, 2.05) is 0 Å². The van der Waals surface area contributed by atoms with Crippen LogP contribution in [0.15, 0.2) is 84.9 Å². The molecule has 3 aromatic carbocycles. The molecule has 0 unspecified atom stereocenters. The summed E-state index contributed by atoms with van der Waals surface area (Å²) in [6, 6.07) is 30.9. The standard InChI is InChI=1S/C19H18Si/c1-16-12-14-19(15-13-16)20(17-8-4-2-5-9-17)18-10-6-3-7-11-18/h2-15,20H,1H3. The predicted molar refractivity (Wildman–Crippen MR) is 90.1 cm³/mol. The Labute approximate surface area is 122 Å². The molecule has 0 spiro atoms. The minimum atomic E-state index is -1.33. The van der Waals surface area contributed by atoms with Gasteiger partial charge in [0.25, 0.3) is 0 Å². The summed E-state index contributed by atoms with van der Waals surface area (Å²) in [6.07, 6.45) is 0. The first-order valence-corrected chi connectivity index (χ1v) is 8.74. The summed E-state index contributed by atoms with van der Waals surface area (Å²) in [6.45, 7) is 2.14. The second-order valence-electron chi connectivity index (χ2n) is 5.17. The normalized spacial score (nSPS) is 10.7. The largest absolute Gasteiger partial charge is 0.132 e. The molecule has 0 aliphatic rings. The molecule has 0 fully saturated rings. The lowest BCUT2D eigenvalue weighted by molar-refractivity contribution is 1.49. The average molecular weight is 274 g/mol. The maximum absolute atomic E-state index is 2.30. The van der Waals surface area contributed by atoms with Crippen molar-refractivity contribution in [2.24, 2.45) is 0 Å². The summed E-state index contributed by atoms with van der Waals surface area (Å²) in [7, 11) is -1.33. The minimum Gasteiger partial charge on any atom is -0.0625 e. The zero-order valence-corrected chi connectivity index (χ0v) is 12.8. The number of rotatable bonds is 3. The molecule has 0 aliphatic carbocycles. The molecular formula is C19H18Si. The van der Waals surface area contributed by atoms with Crippen LogP contribution in [0.4, 0.5) is 0 Å². The summed E-state index contributed by atoms with van der Waals surface area (Å²) in [5.74, 6) is 0. The summed E-state index contributed by atoms with van der Waals surface area (Å²) in [5.41, 5.74) is 1.32. The third-order valence-corrected chi connectivity index (χ3v) is 6.83. The second kappa shape index (κ2) is 5.89. The van der Waals surface area contributed by atoms with Gasteiger partial charge < -0.3 is 0 Å². The second-order valence-corrected chi connectivity index (χ2v) is 8.03. The quantitative estimate of drug-likeness (QED) is 0.507. The minimum absolute atomic E-state index is 1.32. The maximum Gasteiger partial charge on any atom is 0.132 e. The highest BCUT2D eigenvalue weighted by Gasteiger charge is 2.17. The highest BCUT2D eigenvalue weighted by molar-refractivity contribution is 6.95. The molecule has 0 bridgehead atoms. The first kappa shape index (κ1) is 12.9. The first-order valence-electron chi connectivity index (χ1n) is 7.01. The molecule has 0 saturated carbocycles. The van der Waals surface area contributed by atoms with Crippen LogP contribution in [-0.4, -0.2) is 8.80 Å². The van der Waals surface area contributed by atoms with Gasteiger partial charge in [-0.05, 0) is 6.92 Å². The fraction of sp³-hybridized carbons (Fsp3) is 0.0526. The Bertz CT molecular complexity index is 618. The molecule has 0 amide bonds. The predicted octanol–water partition coefficient (Wildman–Crippen LogP) is 2.24. The van der Waals surface area contributed by atoms with Crippen molar-refractivity contribution in [1.29, 1.82) is 0 Å². The Kier molecular flexibility index (Phi) is 3.80. The monoisotopic (exact) mass is 274 g/mol. The van der Waals surface area contributed by atoms with Crippen molar-refractivity contribution in [3.05, 3.63) is 90.5 Å². The molecule has 98 valence electrons. The first-order chi connectivity index (χ1) is 9.84. The molecule has 0 heterocycles. The van der Waals surface area contributed by atoms with E-state index >= 15 is 0 Å². The van der Waals surface area contributed by atoms with E-state index in [1.54, 1.807) is 0 Å². The number of hydrogen-bond donors (Lipinski definition) is 0. The smallest absolute Gasteiger partial charge is 0.0625 e. The fourth-order valence-corrected chi connectivity index (χ4v) is 5.57. The average Bonchev–Trinajstić information content (AvgIpc) is 2.52. The molecule has 3 rings (SSSR count). The third kappa shape index (κ3) is 2.73. The van der Waals surface area contributed by atoms with Crippen LogP contribution in [0.3, 0.4) is 0 Å². The van der Waals surface area contributed by atoms with E-state index in [0.717, 1.165) is 0 Å². The van der Waals surface area contributed by atoms with E-state index in [2.05, 4.69) is 91.9 Å². The lowest BCUT2D eigenvalue weighted by Crippen LogP contribution is -2.51. The van der Waals surface area contributed by atoms with E-state index in [1.165, 1.54) is 21.1 Å². The Balaban J connectivity index is 2.11. The maximum atomic E-state index is 2.30. The Hall–Kier alpha value is -2.12. The number of hydrogen-bond acceptors (Lipinski definition) is 0. The van der Waals surface area contributed by atoms with E-state index in [-0.39, 0.29) is 0 Å². The molecule has 0 aliphatic heterocycles. The Morgan fingerprint density at radius 1 is 0.500 bits per heavy atom. The molecule has 20 heavy (non-hydrogen) atoms. The summed E-state index contributed by atoms with van der Waals surface area (Å²) < 4.78 is 0. The molecular weight excluding hydrogens is 256 g/mol. The molecule has 0 N–H and O–H groups in total. The molecule has 1 heteroatoms. The van der Waals surface area contributed by atoms with Gasteiger partial charge in [0.05, 0.1) is 0 Å². The van der Waals surface area contributed by atoms with Crippen LogP contribution in [0.1, 0.15) is 5.56 Å². The molecule has 0 saturated heterocycles. The van der Waals surface area contributed by atoms with Crippen LogP contribution in [0.2, 0.25) is 0 Å². The molecule has 0 atom stereocenters. The third-order valence-electron chi connectivity index (χ3n) is 3.68. The lowest BCUT2D eigenvalue weighted by Gasteiger charge is -2.17. The van der Waals surface area contributed by atoms with Crippen LogP contribution < -0.4 is 15.6 Å². The Morgan fingerprint density at radius 2 is 0.900 bits per heavy atom. The highest BCUT2D eigenvalue weighted by atomic mass is 28.3. The van der Waals surface area contributed by atoms with Gasteiger partial charge in [-0.2, -0.15) is 0 Å². The summed E-state index contributed by atoms with van der Waals surface area (Å²) in [4.78, 5) is 0. The summed E-state index contributed by atoms with van der Waals surface area (Å²) >= 11 is 0. The van der Waals surface area contributed by atoms with Crippen molar-refractivity contribution in [3.63, 3.8) is 0 Å². The molecule has 3 aromatic rings. The molecule has 0 radical (unpaired) electrons.